The van der Waals surface area contributed by atoms with Crippen molar-refractivity contribution in [1.29, 1.82) is 0 Å². The minimum Gasteiger partial charge on any atom is -0.478 e. The molecule has 0 aliphatic rings. The third-order valence-electron chi connectivity index (χ3n) is 2.80. The smallest absolute Gasteiger partial charge is 0.336 e. The van der Waals surface area contributed by atoms with Crippen LogP contribution in [0.1, 0.15) is 31.9 Å². The Bertz CT molecular complexity index is 564. The van der Waals surface area contributed by atoms with Crippen molar-refractivity contribution in [2.24, 2.45) is 0 Å². The third-order valence-corrected chi connectivity index (χ3v) is 3.82. The number of aromatic carboxylic acids is 1. The normalized spacial score (nSPS) is 12.1. The van der Waals surface area contributed by atoms with Gasteiger partial charge >= 0.3 is 5.97 Å². The van der Waals surface area contributed by atoms with E-state index in [0.29, 0.717) is 5.56 Å². The first-order chi connectivity index (χ1) is 8.59. The second-order valence-electron chi connectivity index (χ2n) is 4.17. The van der Waals surface area contributed by atoms with Crippen molar-refractivity contribution in [2.45, 2.75) is 11.8 Å². The van der Waals surface area contributed by atoms with Crippen molar-refractivity contribution in [1.82, 2.24) is 0 Å². The average Bonchev–Trinajstić information content (AvgIpc) is 2.38. The predicted molar refractivity (Wildman–Crippen MR) is 75.4 cm³/mol. The highest BCUT2D eigenvalue weighted by Crippen LogP contribution is 2.33. The third kappa shape index (κ3) is 2.62. The second kappa shape index (κ2) is 5.36. The molecule has 0 aliphatic carbocycles. The molecule has 0 radical (unpaired) electrons. The maximum Gasteiger partial charge on any atom is 0.336 e. The minimum absolute atomic E-state index is 0.107. The second-order valence-corrected chi connectivity index (χ2v) is 5.08. The summed E-state index contributed by atoms with van der Waals surface area (Å²) in [5.41, 5.74) is 3.22. The van der Waals surface area contributed by atoms with Gasteiger partial charge in [-0.05, 0) is 24.1 Å². The zero-order valence-electron chi connectivity index (χ0n) is 9.93. The summed E-state index contributed by atoms with van der Waals surface area (Å²) >= 11 is 3.58. The number of hydrogen-bond donors (Lipinski definition) is 1. The first-order valence-corrected chi connectivity index (χ1v) is 6.54. The monoisotopic (exact) mass is 304 g/mol. The van der Waals surface area contributed by atoms with Gasteiger partial charge in [-0.25, -0.2) is 4.79 Å². The molecule has 0 bridgehead atoms. The fourth-order valence-electron chi connectivity index (χ4n) is 1.89. The topological polar surface area (TPSA) is 37.3 Å². The maximum atomic E-state index is 11.2. The van der Waals surface area contributed by atoms with Crippen molar-refractivity contribution >= 4 is 21.9 Å². The van der Waals surface area contributed by atoms with Crippen LogP contribution in [0.2, 0.25) is 0 Å². The number of carboxylic acid groups (broad SMARTS) is 1. The fourth-order valence-corrected chi connectivity index (χ4v) is 2.57. The molecule has 0 aromatic heterocycles. The van der Waals surface area contributed by atoms with Crippen LogP contribution in [0.25, 0.3) is 0 Å². The molecule has 1 atom stereocenters. The molecule has 0 heterocycles. The van der Waals surface area contributed by atoms with E-state index in [1.54, 1.807) is 6.07 Å². The lowest BCUT2D eigenvalue weighted by molar-refractivity contribution is 0.0696. The summed E-state index contributed by atoms with van der Waals surface area (Å²) in [6.45, 7) is 1.96. The van der Waals surface area contributed by atoms with Gasteiger partial charge in [-0.2, -0.15) is 0 Å². The number of rotatable bonds is 3. The van der Waals surface area contributed by atoms with Gasteiger partial charge in [0.05, 0.1) is 10.4 Å². The van der Waals surface area contributed by atoms with E-state index < -0.39 is 5.97 Å². The van der Waals surface area contributed by atoms with E-state index in [-0.39, 0.29) is 4.83 Å². The van der Waals surface area contributed by atoms with Crippen molar-refractivity contribution in [3.8, 4) is 0 Å². The molecule has 1 N–H and O–H groups in total. The summed E-state index contributed by atoms with van der Waals surface area (Å²) in [5, 5.41) is 9.23. The molecule has 0 saturated carbocycles. The van der Waals surface area contributed by atoms with Crippen molar-refractivity contribution < 1.29 is 9.90 Å². The highest BCUT2D eigenvalue weighted by Gasteiger charge is 2.18. The molecule has 0 spiro atoms. The molecule has 18 heavy (non-hydrogen) atoms. The molecule has 3 heteroatoms. The molecule has 0 aliphatic heterocycles. The van der Waals surface area contributed by atoms with Crippen LogP contribution >= 0.6 is 15.9 Å². The zero-order valence-corrected chi connectivity index (χ0v) is 11.5. The van der Waals surface area contributed by atoms with Crippen LogP contribution in [0.3, 0.4) is 0 Å². The largest absolute Gasteiger partial charge is 0.478 e. The summed E-state index contributed by atoms with van der Waals surface area (Å²) < 4.78 is 0. The van der Waals surface area contributed by atoms with Crippen LogP contribution in [0.15, 0.2) is 48.5 Å². The van der Waals surface area contributed by atoms with Gasteiger partial charge in [-0.15, -0.1) is 0 Å². The predicted octanol–water partition coefficient (Wildman–Crippen LogP) is 4.18. The lowest BCUT2D eigenvalue weighted by Gasteiger charge is -2.14. The van der Waals surface area contributed by atoms with Gasteiger partial charge in [0.25, 0.3) is 0 Å². The Kier molecular flexibility index (Phi) is 3.82. The van der Waals surface area contributed by atoms with Crippen LogP contribution in [0, 0.1) is 6.92 Å². The molecule has 2 rings (SSSR count). The van der Waals surface area contributed by atoms with Crippen molar-refractivity contribution in [3.63, 3.8) is 0 Å². The molecule has 2 nitrogen and oxygen atoms in total. The van der Waals surface area contributed by atoms with Crippen LogP contribution in [0.5, 0.6) is 0 Å². The molecule has 92 valence electrons. The zero-order chi connectivity index (χ0) is 13.1. The molecular formula is C15H13BrO2. The molecule has 2 aromatic rings. The summed E-state index contributed by atoms with van der Waals surface area (Å²) in [6.07, 6.45) is 0. The highest BCUT2D eigenvalue weighted by atomic mass is 79.9. The van der Waals surface area contributed by atoms with Gasteiger partial charge in [-0.3, -0.25) is 0 Å². The molecule has 1 unspecified atom stereocenters. The first kappa shape index (κ1) is 12.8. The summed E-state index contributed by atoms with van der Waals surface area (Å²) in [7, 11) is 0. The number of benzene rings is 2. The van der Waals surface area contributed by atoms with Crippen molar-refractivity contribution in [2.75, 3.05) is 0 Å². The van der Waals surface area contributed by atoms with Gasteiger partial charge in [0.15, 0.2) is 0 Å². The Balaban J connectivity index is 2.50. The number of hydrogen-bond acceptors (Lipinski definition) is 1. The van der Waals surface area contributed by atoms with Gasteiger partial charge in [0, 0.05) is 0 Å². The van der Waals surface area contributed by atoms with Gasteiger partial charge in [0.2, 0.25) is 0 Å². The van der Waals surface area contributed by atoms with Crippen LogP contribution < -0.4 is 0 Å². The summed E-state index contributed by atoms with van der Waals surface area (Å²) in [6, 6.07) is 15.2. The Labute approximate surface area is 114 Å². The van der Waals surface area contributed by atoms with E-state index in [9.17, 15) is 9.90 Å². The molecule has 0 fully saturated rings. The summed E-state index contributed by atoms with van der Waals surface area (Å²) in [5.74, 6) is -0.898. The Morgan fingerprint density at radius 1 is 1.17 bits per heavy atom. The fraction of sp³-hybridized carbons (Fsp3) is 0.133. The molecule has 2 aromatic carbocycles. The van der Waals surface area contributed by atoms with E-state index in [1.807, 2.05) is 49.4 Å². The van der Waals surface area contributed by atoms with Gasteiger partial charge in [-0.1, -0.05) is 64.0 Å². The van der Waals surface area contributed by atoms with Crippen LogP contribution in [0.4, 0.5) is 0 Å². The molecular weight excluding hydrogens is 292 g/mol. The summed E-state index contributed by atoms with van der Waals surface area (Å²) in [4.78, 5) is 11.1. The van der Waals surface area contributed by atoms with Gasteiger partial charge in [0.1, 0.15) is 0 Å². The lowest BCUT2D eigenvalue weighted by atomic mass is 9.98. The van der Waals surface area contributed by atoms with Gasteiger partial charge < -0.3 is 5.11 Å². The Hall–Kier alpha value is -1.61. The number of carboxylic acids is 1. The van der Waals surface area contributed by atoms with E-state index in [2.05, 4.69) is 15.9 Å². The van der Waals surface area contributed by atoms with E-state index in [0.717, 1.165) is 16.7 Å². The number of halogens is 1. The highest BCUT2D eigenvalue weighted by molar-refractivity contribution is 9.09. The van der Waals surface area contributed by atoms with Crippen LogP contribution in [-0.4, -0.2) is 11.1 Å². The Morgan fingerprint density at radius 2 is 1.83 bits per heavy atom. The number of carbonyl (C=O) groups is 1. The standard InChI is InChI=1S/C15H13BrO2/c1-10-7-8-12(15(17)18)13(9-10)14(16)11-5-3-2-4-6-11/h2-9,14H,1H3,(H,17,18). The van der Waals surface area contributed by atoms with E-state index in [1.165, 1.54) is 0 Å². The Morgan fingerprint density at radius 3 is 2.44 bits per heavy atom. The lowest BCUT2D eigenvalue weighted by Crippen LogP contribution is -2.05. The average molecular weight is 305 g/mol. The van der Waals surface area contributed by atoms with Crippen LogP contribution in [-0.2, 0) is 0 Å². The molecule has 0 amide bonds. The maximum absolute atomic E-state index is 11.2. The number of aryl methyl sites for hydroxylation is 1. The van der Waals surface area contributed by atoms with E-state index in [4.69, 9.17) is 0 Å². The minimum atomic E-state index is -0.898. The number of alkyl halides is 1. The molecule has 0 saturated heterocycles. The SMILES string of the molecule is Cc1ccc(C(=O)O)c(C(Br)c2ccccc2)c1. The van der Waals surface area contributed by atoms with E-state index >= 15 is 0 Å². The quantitative estimate of drug-likeness (QED) is 0.864. The first-order valence-electron chi connectivity index (χ1n) is 5.62. The van der Waals surface area contributed by atoms with Crippen molar-refractivity contribution in [3.05, 3.63) is 70.8 Å².